The monoisotopic (exact) mass is 417 g/mol. The molecular weight excluding hydrogens is 390 g/mol. The van der Waals surface area contributed by atoms with Crippen LogP contribution >= 0.6 is 11.8 Å². The van der Waals surface area contributed by atoms with Crippen LogP contribution in [0.4, 0.5) is 5.69 Å². The Labute approximate surface area is 175 Å². The molecule has 2 aromatic carbocycles. The maximum absolute atomic E-state index is 11.4. The number of rotatable bonds is 8. The molecule has 0 saturated carbocycles. The topological polar surface area (TPSA) is 88.0 Å². The van der Waals surface area contributed by atoms with Gasteiger partial charge < -0.3 is 25.0 Å². The fourth-order valence-electron chi connectivity index (χ4n) is 3.27. The minimum atomic E-state index is -0.556. The summed E-state index contributed by atoms with van der Waals surface area (Å²) in [4.78, 5) is 11.4. The molecule has 1 aliphatic rings. The fraction of sp³-hybridized carbons (Fsp3) is 0.409. The fourth-order valence-corrected chi connectivity index (χ4v) is 4.04. The molecule has 0 unspecified atom stereocenters. The molecule has 1 amide bonds. The molecule has 0 aliphatic carbocycles. The Morgan fingerprint density at radius 1 is 1.14 bits per heavy atom. The Morgan fingerprint density at radius 3 is 2.62 bits per heavy atom. The summed E-state index contributed by atoms with van der Waals surface area (Å²) in [6, 6.07) is 15.2. The van der Waals surface area contributed by atoms with E-state index in [0.29, 0.717) is 17.9 Å². The third-order valence-electron chi connectivity index (χ3n) is 4.63. The number of hydrogen-bond acceptors (Lipinski definition) is 6. The van der Waals surface area contributed by atoms with Gasteiger partial charge in [0.05, 0.1) is 25.4 Å². The van der Waals surface area contributed by atoms with Crippen LogP contribution in [0.25, 0.3) is 0 Å². The lowest BCUT2D eigenvalue weighted by atomic mass is 10.0. The predicted octanol–water partition coefficient (Wildman–Crippen LogP) is 3.41. The van der Waals surface area contributed by atoms with E-state index in [-0.39, 0.29) is 31.3 Å². The molecular formula is C22H27NO5S. The second-order valence-electron chi connectivity index (χ2n) is 6.96. The molecule has 3 rings (SSSR count). The zero-order chi connectivity index (χ0) is 20.6. The number of amides is 1. The van der Waals surface area contributed by atoms with E-state index in [9.17, 15) is 9.90 Å². The molecule has 0 bridgehead atoms. The standard InChI is InChI=1S/C22H27NO5S/c1-15(26)23-19-4-2-3-18(11-19)22-27-20(14-29-10-9-24)12-21(28-22)17-7-5-16(13-25)6-8-17/h2-8,11,20-22,24-25H,9-10,12-14H2,1H3,(H,23,26)/t20-,21+,22+/m0/s1. The lowest BCUT2D eigenvalue weighted by molar-refractivity contribution is -0.245. The zero-order valence-electron chi connectivity index (χ0n) is 16.4. The summed E-state index contributed by atoms with van der Waals surface area (Å²) in [5, 5.41) is 21.1. The van der Waals surface area contributed by atoms with Crippen molar-refractivity contribution in [1.29, 1.82) is 0 Å². The summed E-state index contributed by atoms with van der Waals surface area (Å²) in [6.45, 7) is 1.62. The molecule has 29 heavy (non-hydrogen) atoms. The lowest BCUT2D eigenvalue weighted by Gasteiger charge is -2.36. The van der Waals surface area contributed by atoms with Crippen LogP contribution in [0.1, 0.15) is 42.4 Å². The zero-order valence-corrected chi connectivity index (χ0v) is 17.2. The first kappa shape index (κ1) is 21.8. The highest BCUT2D eigenvalue weighted by molar-refractivity contribution is 7.99. The molecule has 156 valence electrons. The Hall–Kier alpha value is -1.90. The number of benzene rings is 2. The summed E-state index contributed by atoms with van der Waals surface area (Å²) in [5.41, 5.74) is 3.43. The van der Waals surface area contributed by atoms with Crippen LogP contribution in [0.5, 0.6) is 0 Å². The van der Waals surface area contributed by atoms with E-state index < -0.39 is 6.29 Å². The van der Waals surface area contributed by atoms with Crippen LogP contribution < -0.4 is 5.32 Å². The van der Waals surface area contributed by atoms with Crippen molar-refractivity contribution in [3.8, 4) is 0 Å². The van der Waals surface area contributed by atoms with Gasteiger partial charge in [0.1, 0.15) is 0 Å². The smallest absolute Gasteiger partial charge is 0.221 e. The van der Waals surface area contributed by atoms with Crippen LogP contribution in [0, 0.1) is 0 Å². The van der Waals surface area contributed by atoms with Gasteiger partial charge >= 0.3 is 0 Å². The van der Waals surface area contributed by atoms with E-state index in [1.165, 1.54) is 6.92 Å². The highest BCUT2D eigenvalue weighted by atomic mass is 32.2. The molecule has 6 nitrogen and oxygen atoms in total. The van der Waals surface area contributed by atoms with Gasteiger partial charge in [-0.2, -0.15) is 11.8 Å². The van der Waals surface area contributed by atoms with Crippen LogP contribution in [-0.4, -0.2) is 40.3 Å². The van der Waals surface area contributed by atoms with Gasteiger partial charge in [-0.15, -0.1) is 0 Å². The highest BCUT2D eigenvalue weighted by Crippen LogP contribution is 2.39. The van der Waals surface area contributed by atoms with E-state index >= 15 is 0 Å². The summed E-state index contributed by atoms with van der Waals surface area (Å²) < 4.78 is 12.5. The molecule has 3 N–H and O–H groups in total. The van der Waals surface area contributed by atoms with Crippen LogP contribution in [-0.2, 0) is 20.9 Å². The second kappa shape index (κ2) is 10.8. The summed E-state index contributed by atoms with van der Waals surface area (Å²) >= 11 is 1.65. The largest absolute Gasteiger partial charge is 0.396 e. The summed E-state index contributed by atoms with van der Waals surface area (Å²) in [7, 11) is 0. The molecule has 0 spiro atoms. The number of carbonyl (C=O) groups is 1. The molecule has 0 radical (unpaired) electrons. The van der Waals surface area contributed by atoms with Gasteiger partial charge in [0.15, 0.2) is 6.29 Å². The molecule has 7 heteroatoms. The molecule has 1 saturated heterocycles. The van der Waals surface area contributed by atoms with Gasteiger partial charge in [-0.05, 0) is 23.3 Å². The van der Waals surface area contributed by atoms with Crippen molar-refractivity contribution >= 4 is 23.4 Å². The van der Waals surface area contributed by atoms with Crippen molar-refractivity contribution in [1.82, 2.24) is 0 Å². The van der Waals surface area contributed by atoms with Crippen molar-refractivity contribution in [3.63, 3.8) is 0 Å². The van der Waals surface area contributed by atoms with Crippen molar-refractivity contribution in [2.75, 3.05) is 23.4 Å². The summed E-state index contributed by atoms with van der Waals surface area (Å²) in [6.07, 6.45) is -0.0266. The number of ether oxygens (including phenoxy) is 2. The van der Waals surface area contributed by atoms with Gasteiger partial charge in [-0.25, -0.2) is 0 Å². The van der Waals surface area contributed by atoms with Gasteiger partial charge in [0.2, 0.25) is 5.91 Å². The molecule has 3 atom stereocenters. The predicted molar refractivity (Wildman–Crippen MR) is 114 cm³/mol. The van der Waals surface area contributed by atoms with E-state index in [0.717, 1.165) is 22.4 Å². The van der Waals surface area contributed by atoms with Gasteiger partial charge in [-0.1, -0.05) is 36.4 Å². The van der Waals surface area contributed by atoms with Gasteiger partial charge in [-0.3, -0.25) is 4.79 Å². The first-order valence-corrected chi connectivity index (χ1v) is 10.8. The average molecular weight is 418 g/mol. The number of aliphatic hydroxyl groups is 2. The molecule has 1 fully saturated rings. The molecule has 1 aliphatic heterocycles. The van der Waals surface area contributed by atoms with E-state index in [4.69, 9.17) is 14.6 Å². The number of thioether (sulfide) groups is 1. The van der Waals surface area contributed by atoms with Crippen LogP contribution in [0.2, 0.25) is 0 Å². The van der Waals surface area contributed by atoms with Crippen molar-refractivity contribution in [2.45, 2.75) is 38.4 Å². The van der Waals surface area contributed by atoms with E-state index in [1.807, 2.05) is 48.5 Å². The Balaban J connectivity index is 1.80. The maximum Gasteiger partial charge on any atom is 0.221 e. The molecule has 0 aromatic heterocycles. The third kappa shape index (κ3) is 6.29. The maximum atomic E-state index is 11.4. The number of anilines is 1. The van der Waals surface area contributed by atoms with Gasteiger partial charge in [0, 0.05) is 36.1 Å². The molecule has 2 aromatic rings. The minimum absolute atomic E-state index is 0.00784. The van der Waals surface area contributed by atoms with Crippen LogP contribution in [0.15, 0.2) is 48.5 Å². The number of nitrogens with one attached hydrogen (secondary N) is 1. The third-order valence-corrected chi connectivity index (χ3v) is 5.71. The van der Waals surface area contributed by atoms with Crippen molar-refractivity contribution in [2.24, 2.45) is 0 Å². The van der Waals surface area contributed by atoms with E-state index in [2.05, 4.69) is 5.32 Å². The Morgan fingerprint density at radius 2 is 1.93 bits per heavy atom. The lowest BCUT2D eigenvalue weighted by Crippen LogP contribution is -2.31. The first-order valence-electron chi connectivity index (χ1n) is 9.66. The molecule has 1 heterocycles. The normalized spacial score (nSPS) is 21.7. The second-order valence-corrected chi connectivity index (χ2v) is 8.11. The summed E-state index contributed by atoms with van der Waals surface area (Å²) in [5.74, 6) is 1.30. The SMILES string of the molecule is CC(=O)Nc1cccc([C@@H]2O[C@H](CSCCO)C[C@H](c3ccc(CO)cc3)O2)c1. The van der Waals surface area contributed by atoms with Gasteiger partial charge in [0.25, 0.3) is 0 Å². The van der Waals surface area contributed by atoms with Crippen LogP contribution in [0.3, 0.4) is 0 Å². The Kier molecular flexibility index (Phi) is 8.09. The van der Waals surface area contributed by atoms with E-state index in [1.54, 1.807) is 11.8 Å². The Bertz CT molecular complexity index is 798. The minimum Gasteiger partial charge on any atom is -0.396 e. The first-order chi connectivity index (χ1) is 14.1. The van der Waals surface area contributed by atoms with Crippen molar-refractivity contribution < 1.29 is 24.5 Å². The average Bonchev–Trinajstić information content (AvgIpc) is 2.73. The van der Waals surface area contributed by atoms with Crippen molar-refractivity contribution in [3.05, 3.63) is 65.2 Å². The number of aliphatic hydroxyl groups excluding tert-OH is 2. The number of hydrogen-bond donors (Lipinski definition) is 3. The number of carbonyl (C=O) groups excluding carboxylic acids is 1. The quantitative estimate of drug-likeness (QED) is 0.571. The highest BCUT2D eigenvalue weighted by Gasteiger charge is 2.32.